The monoisotopic (exact) mass is 394 g/mol. The van der Waals surface area contributed by atoms with Crippen LogP contribution in [0.5, 0.6) is 0 Å². The van der Waals surface area contributed by atoms with Crippen molar-refractivity contribution in [2.75, 3.05) is 11.1 Å². The third kappa shape index (κ3) is 3.06. The lowest BCUT2D eigenvalue weighted by atomic mass is 10.2. The molecule has 0 bridgehead atoms. The van der Waals surface area contributed by atoms with Crippen LogP contribution in [-0.4, -0.2) is 24.7 Å². The summed E-state index contributed by atoms with van der Waals surface area (Å²) in [5.41, 5.74) is 6.48. The zero-order valence-corrected chi connectivity index (χ0v) is 15.2. The lowest BCUT2D eigenvalue weighted by molar-refractivity contribution is 0.629. The molecule has 3 heterocycles. The largest absolute Gasteiger partial charge is 0.384 e. The first-order valence-electron chi connectivity index (χ1n) is 8.07. The van der Waals surface area contributed by atoms with Crippen LogP contribution < -0.4 is 11.1 Å². The van der Waals surface area contributed by atoms with Crippen LogP contribution in [0.2, 0.25) is 5.02 Å². The lowest BCUT2D eigenvalue weighted by Crippen LogP contribution is -2.02. The number of hydrogen-bond donors (Lipinski definition) is 2. The highest BCUT2D eigenvalue weighted by Gasteiger charge is 2.17. The van der Waals surface area contributed by atoms with E-state index in [1.165, 1.54) is 10.7 Å². The zero-order chi connectivity index (χ0) is 19.8. The molecule has 138 valence electrons. The molecule has 28 heavy (non-hydrogen) atoms. The first-order valence-corrected chi connectivity index (χ1v) is 8.45. The molecular weight excluding hydrogens is 383 g/mol. The van der Waals surface area contributed by atoms with Crippen molar-refractivity contribution < 1.29 is 4.39 Å². The fourth-order valence-corrected chi connectivity index (χ4v) is 3.07. The van der Waals surface area contributed by atoms with Crippen LogP contribution in [0.4, 0.5) is 21.8 Å². The minimum absolute atomic E-state index is 0.0695. The summed E-state index contributed by atoms with van der Waals surface area (Å²) >= 11 is 6.25. The summed E-state index contributed by atoms with van der Waals surface area (Å²) < 4.78 is 15.7. The molecule has 1 aromatic carbocycles. The molecule has 0 radical (unpaired) electrons. The Kier molecular flexibility index (Phi) is 4.25. The Balaban J connectivity index is 1.88. The number of rotatable bonds is 3. The highest BCUT2D eigenvalue weighted by molar-refractivity contribution is 6.32. The summed E-state index contributed by atoms with van der Waals surface area (Å²) in [5.74, 6) is 0.896. The second-order valence-electron chi connectivity index (χ2n) is 5.89. The lowest BCUT2D eigenvalue weighted by Gasteiger charge is -2.07. The summed E-state index contributed by atoms with van der Waals surface area (Å²) in [6.07, 6.45) is 2.60. The number of nitriles is 1. The first kappa shape index (κ1) is 17.6. The van der Waals surface area contributed by atoms with Gasteiger partial charge in [-0.15, -0.1) is 0 Å². The number of nitrogens with two attached hydrogens (primary N) is 1. The van der Waals surface area contributed by atoms with E-state index in [0.717, 1.165) is 6.20 Å². The van der Waals surface area contributed by atoms with E-state index in [1.54, 1.807) is 31.3 Å². The number of halogens is 2. The number of nitrogens with one attached hydrogen (secondary N) is 1. The smallest absolute Gasteiger partial charge is 0.169 e. The molecule has 0 saturated heterocycles. The number of nitrogen functional groups attached to an aromatic ring is 1. The van der Waals surface area contributed by atoms with Crippen molar-refractivity contribution >= 4 is 40.0 Å². The summed E-state index contributed by atoms with van der Waals surface area (Å²) in [4.78, 5) is 12.3. The van der Waals surface area contributed by atoms with Gasteiger partial charge in [-0.25, -0.2) is 24.0 Å². The van der Waals surface area contributed by atoms with E-state index in [2.05, 4.69) is 31.4 Å². The fraction of sp³-hybridized carbons (Fsp3) is 0.0556. The summed E-state index contributed by atoms with van der Waals surface area (Å²) in [5, 5.41) is 17.3. The SMILES string of the molecule is Cc1nc(N)cc(Nc2ncc(F)c3nn(-c4c(Cl)cccc4C#N)cc23)n1. The number of aromatic nitrogens is 5. The van der Waals surface area contributed by atoms with Gasteiger partial charge in [0.1, 0.15) is 40.6 Å². The van der Waals surface area contributed by atoms with Crippen LogP contribution >= 0.6 is 11.6 Å². The van der Waals surface area contributed by atoms with Gasteiger partial charge in [0.05, 0.1) is 22.2 Å². The number of anilines is 3. The van der Waals surface area contributed by atoms with Gasteiger partial charge in [0, 0.05) is 12.3 Å². The molecule has 3 N–H and O–H groups in total. The Labute approximate surface area is 163 Å². The Bertz CT molecular complexity index is 1240. The van der Waals surface area contributed by atoms with Gasteiger partial charge in [0.2, 0.25) is 0 Å². The highest BCUT2D eigenvalue weighted by Crippen LogP contribution is 2.29. The van der Waals surface area contributed by atoms with Gasteiger partial charge >= 0.3 is 0 Å². The third-order valence-corrected chi connectivity index (χ3v) is 4.25. The molecule has 4 aromatic rings. The topological polar surface area (TPSA) is 118 Å². The molecule has 10 heteroatoms. The third-order valence-electron chi connectivity index (χ3n) is 3.94. The second kappa shape index (κ2) is 6.75. The average molecular weight is 395 g/mol. The number of hydrogen-bond acceptors (Lipinski definition) is 7. The summed E-state index contributed by atoms with van der Waals surface area (Å²) in [6.45, 7) is 1.70. The van der Waals surface area contributed by atoms with Crippen LogP contribution in [0, 0.1) is 24.1 Å². The van der Waals surface area contributed by atoms with Gasteiger partial charge in [-0.05, 0) is 19.1 Å². The van der Waals surface area contributed by atoms with E-state index in [1.807, 2.05) is 0 Å². The van der Waals surface area contributed by atoms with Gasteiger partial charge in [0.15, 0.2) is 5.82 Å². The highest BCUT2D eigenvalue weighted by atomic mass is 35.5. The molecule has 0 saturated carbocycles. The molecule has 8 nitrogen and oxygen atoms in total. The summed E-state index contributed by atoms with van der Waals surface area (Å²) in [6, 6.07) is 8.49. The van der Waals surface area contributed by atoms with Crippen molar-refractivity contribution in [1.82, 2.24) is 24.7 Å². The minimum Gasteiger partial charge on any atom is -0.384 e. The van der Waals surface area contributed by atoms with E-state index < -0.39 is 5.82 Å². The van der Waals surface area contributed by atoms with Gasteiger partial charge in [-0.1, -0.05) is 17.7 Å². The van der Waals surface area contributed by atoms with E-state index in [0.29, 0.717) is 44.9 Å². The number of para-hydroxylation sites is 1. The van der Waals surface area contributed by atoms with Crippen LogP contribution in [0.25, 0.3) is 16.6 Å². The molecule has 0 amide bonds. The minimum atomic E-state index is -0.608. The Hall–Kier alpha value is -3.77. The molecule has 0 spiro atoms. The first-order chi connectivity index (χ1) is 13.5. The molecule has 0 atom stereocenters. The van der Waals surface area contributed by atoms with E-state index in [4.69, 9.17) is 17.3 Å². The number of fused-ring (bicyclic) bond motifs is 1. The second-order valence-corrected chi connectivity index (χ2v) is 6.30. The number of nitrogens with zero attached hydrogens (tertiary/aromatic N) is 6. The van der Waals surface area contributed by atoms with E-state index in [9.17, 15) is 9.65 Å². The standard InChI is InChI=1S/C18H12ClFN8/c1-9-24-14(22)5-15(25-9)26-18-11-8-28(27-16(11)13(20)7-23-18)17-10(6-21)3-2-4-12(17)19/h2-5,7-8H,1H3,(H3,22,23,24,25,26). The van der Waals surface area contributed by atoms with E-state index in [-0.39, 0.29) is 5.52 Å². The van der Waals surface area contributed by atoms with Gasteiger partial charge in [0.25, 0.3) is 0 Å². The van der Waals surface area contributed by atoms with Crippen molar-refractivity contribution in [2.24, 2.45) is 0 Å². The predicted molar refractivity (Wildman–Crippen MR) is 103 cm³/mol. The van der Waals surface area contributed by atoms with Gasteiger partial charge < -0.3 is 11.1 Å². The van der Waals surface area contributed by atoms with Crippen LogP contribution in [0.3, 0.4) is 0 Å². The quantitative estimate of drug-likeness (QED) is 0.545. The Morgan fingerprint density at radius 2 is 2.14 bits per heavy atom. The van der Waals surface area contributed by atoms with E-state index >= 15 is 0 Å². The normalized spacial score (nSPS) is 10.8. The molecule has 0 aliphatic rings. The van der Waals surface area contributed by atoms with Crippen molar-refractivity contribution in [2.45, 2.75) is 6.92 Å². The molecule has 0 aliphatic carbocycles. The molecule has 3 aromatic heterocycles. The van der Waals surface area contributed by atoms with Crippen LogP contribution in [0.15, 0.2) is 36.7 Å². The van der Waals surface area contributed by atoms with Crippen molar-refractivity contribution in [3.63, 3.8) is 0 Å². The predicted octanol–water partition coefficient (Wildman–Crippen LogP) is 3.51. The Morgan fingerprint density at radius 3 is 2.89 bits per heavy atom. The maximum Gasteiger partial charge on any atom is 0.169 e. The molecular formula is C18H12ClFN8. The number of pyridine rings is 1. The maximum atomic E-state index is 14.3. The van der Waals surface area contributed by atoms with Crippen molar-refractivity contribution in [3.8, 4) is 11.8 Å². The van der Waals surface area contributed by atoms with Gasteiger partial charge in [-0.2, -0.15) is 10.4 Å². The molecule has 0 aliphatic heterocycles. The molecule has 4 rings (SSSR count). The van der Waals surface area contributed by atoms with Crippen LogP contribution in [0.1, 0.15) is 11.4 Å². The summed E-state index contributed by atoms with van der Waals surface area (Å²) in [7, 11) is 0. The van der Waals surface area contributed by atoms with Crippen molar-refractivity contribution in [3.05, 3.63) is 58.9 Å². The zero-order valence-electron chi connectivity index (χ0n) is 14.5. The van der Waals surface area contributed by atoms with Gasteiger partial charge in [-0.3, -0.25) is 0 Å². The number of benzene rings is 1. The fourth-order valence-electron chi connectivity index (χ4n) is 2.80. The molecule has 0 fully saturated rings. The number of aryl methyl sites for hydroxylation is 1. The maximum absolute atomic E-state index is 14.3. The average Bonchev–Trinajstić information content (AvgIpc) is 3.09. The van der Waals surface area contributed by atoms with Crippen molar-refractivity contribution in [1.29, 1.82) is 5.26 Å². The Morgan fingerprint density at radius 1 is 1.32 bits per heavy atom. The molecule has 0 unspecified atom stereocenters. The van der Waals surface area contributed by atoms with Crippen LogP contribution in [-0.2, 0) is 0 Å².